The topological polar surface area (TPSA) is 61.9 Å². The van der Waals surface area contributed by atoms with Crippen LogP contribution in [0.25, 0.3) is 0 Å². The molecule has 1 aliphatic heterocycles. The molecule has 0 radical (unpaired) electrons. The molecule has 0 bridgehead atoms. The highest BCUT2D eigenvalue weighted by molar-refractivity contribution is 5.83. The lowest BCUT2D eigenvalue weighted by Gasteiger charge is -2.32. The zero-order valence-corrected chi connectivity index (χ0v) is 12.9. The highest BCUT2D eigenvalue weighted by atomic mass is 16.5. The van der Waals surface area contributed by atoms with Gasteiger partial charge in [0, 0.05) is 39.2 Å². The fourth-order valence-electron chi connectivity index (χ4n) is 2.20. The molecule has 0 spiro atoms. The summed E-state index contributed by atoms with van der Waals surface area (Å²) in [6.45, 7) is 5.71. The molecule has 6 nitrogen and oxygen atoms in total. The molecule has 1 saturated heterocycles. The monoisotopic (exact) mass is 285 g/mol. The first-order chi connectivity index (χ1) is 9.54. The quantitative estimate of drug-likeness (QED) is 0.635. The van der Waals surface area contributed by atoms with Crippen LogP contribution in [0.2, 0.25) is 0 Å². The van der Waals surface area contributed by atoms with E-state index in [1.165, 1.54) is 0 Å². The van der Waals surface area contributed by atoms with Crippen LogP contribution in [0.4, 0.5) is 0 Å². The van der Waals surface area contributed by atoms with Gasteiger partial charge in [-0.15, -0.1) is 0 Å². The highest BCUT2D eigenvalue weighted by Gasteiger charge is 2.29. The summed E-state index contributed by atoms with van der Waals surface area (Å²) in [5.41, 5.74) is 0. The van der Waals surface area contributed by atoms with Gasteiger partial charge in [-0.25, -0.2) is 0 Å². The lowest BCUT2D eigenvalue weighted by Crippen LogP contribution is -2.47. The van der Waals surface area contributed by atoms with Gasteiger partial charge in [0.1, 0.15) is 0 Å². The molecule has 0 aliphatic carbocycles. The fourth-order valence-corrected chi connectivity index (χ4v) is 2.20. The van der Waals surface area contributed by atoms with Crippen LogP contribution in [0, 0.1) is 5.92 Å². The van der Waals surface area contributed by atoms with Crippen molar-refractivity contribution in [2.45, 2.75) is 19.8 Å². The smallest absolute Gasteiger partial charge is 0.224 e. The van der Waals surface area contributed by atoms with Crippen molar-refractivity contribution in [2.75, 3.05) is 53.5 Å². The van der Waals surface area contributed by atoms with Gasteiger partial charge in [-0.3, -0.25) is 9.59 Å². The van der Waals surface area contributed by atoms with Gasteiger partial charge in [0.25, 0.3) is 0 Å². The molecule has 0 aromatic heterocycles. The number of nitrogens with zero attached hydrogens (tertiary/aromatic N) is 2. The van der Waals surface area contributed by atoms with Crippen LogP contribution in [0.1, 0.15) is 19.8 Å². The Kier molecular flexibility index (Phi) is 7.54. The molecule has 20 heavy (non-hydrogen) atoms. The second-order valence-corrected chi connectivity index (χ2v) is 5.37. The molecule has 1 rings (SSSR count). The SMILES string of the molecule is CCOCCNC(=O)C1CCC(=O)N(CCN(C)C)C1. The Morgan fingerprint density at radius 1 is 1.50 bits per heavy atom. The number of hydrogen-bond acceptors (Lipinski definition) is 4. The summed E-state index contributed by atoms with van der Waals surface area (Å²) in [7, 11) is 3.96. The number of ether oxygens (including phenoxy) is 1. The first-order valence-electron chi connectivity index (χ1n) is 7.32. The number of likely N-dealkylation sites (tertiary alicyclic amines) is 1. The maximum atomic E-state index is 12.0. The van der Waals surface area contributed by atoms with E-state index in [1.54, 1.807) is 4.90 Å². The van der Waals surface area contributed by atoms with Crippen LogP contribution in [0.15, 0.2) is 0 Å². The van der Waals surface area contributed by atoms with Gasteiger partial charge >= 0.3 is 0 Å². The number of piperidine rings is 1. The molecule has 116 valence electrons. The molecule has 0 aromatic carbocycles. The lowest BCUT2D eigenvalue weighted by molar-refractivity contribution is -0.138. The van der Waals surface area contributed by atoms with E-state index in [2.05, 4.69) is 5.32 Å². The van der Waals surface area contributed by atoms with Crippen molar-refractivity contribution in [3.8, 4) is 0 Å². The Balaban J connectivity index is 2.35. The van der Waals surface area contributed by atoms with E-state index in [-0.39, 0.29) is 17.7 Å². The third-order valence-corrected chi connectivity index (χ3v) is 3.44. The Labute approximate surface area is 121 Å². The van der Waals surface area contributed by atoms with Gasteiger partial charge in [0.2, 0.25) is 11.8 Å². The average Bonchev–Trinajstić information content (AvgIpc) is 2.42. The van der Waals surface area contributed by atoms with Crippen molar-refractivity contribution >= 4 is 11.8 Å². The lowest BCUT2D eigenvalue weighted by atomic mass is 9.96. The van der Waals surface area contributed by atoms with Crippen molar-refractivity contribution < 1.29 is 14.3 Å². The molecule has 0 saturated carbocycles. The molecular formula is C14H27N3O3. The first kappa shape index (κ1) is 16.9. The number of amides is 2. The Morgan fingerprint density at radius 2 is 2.25 bits per heavy atom. The van der Waals surface area contributed by atoms with Crippen LogP contribution in [-0.4, -0.2) is 75.1 Å². The van der Waals surface area contributed by atoms with Gasteiger partial charge in [-0.05, 0) is 27.4 Å². The predicted octanol–water partition coefficient (Wildman–Crippen LogP) is -0.0607. The summed E-state index contributed by atoms with van der Waals surface area (Å²) < 4.78 is 5.19. The Morgan fingerprint density at radius 3 is 2.90 bits per heavy atom. The average molecular weight is 285 g/mol. The van der Waals surface area contributed by atoms with Crippen LogP contribution >= 0.6 is 0 Å². The van der Waals surface area contributed by atoms with Crippen molar-refractivity contribution in [1.82, 2.24) is 15.1 Å². The van der Waals surface area contributed by atoms with Gasteiger partial charge < -0.3 is 19.9 Å². The number of carbonyl (C=O) groups is 2. The molecule has 1 aliphatic rings. The largest absolute Gasteiger partial charge is 0.380 e. The minimum atomic E-state index is -0.0866. The Hall–Kier alpha value is -1.14. The minimum absolute atomic E-state index is 0.0343. The molecule has 1 unspecified atom stereocenters. The summed E-state index contributed by atoms with van der Waals surface area (Å²) in [6, 6.07) is 0. The van der Waals surface area contributed by atoms with E-state index in [1.807, 2.05) is 25.9 Å². The van der Waals surface area contributed by atoms with Crippen LogP contribution in [-0.2, 0) is 14.3 Å². The van der Waals surface area contributed by atoms with Crippen molar-refractivity contribution in [1.29, 1.82) is 0 Å². The van der Waals surface area contributed by atoms with E-state index in [4.69, 9.17) is 4.74 Å². The molecule has 1 atom stereocenters. The van der Waals surface area contributed by atoms with Gasteiger partial charge in [0.05, 0.1) is 12.5 Å². The molecule has 1 heterocycles. The van der Waals surface area contributed by atoms with Gasteiger partial charge in [-0.1, -0.05) is 0 Å². The predicted molar refractivity (Wildman–Crippen MR) is 77.4 cm³/mol. The number of hydrogen-bond donors (Lipinski definition) is 1. The number of likely N-dealkylation sites (N-methyl/N-ethyl adjacent to an activating group) is 1. The fraction of sp³-hybridized carbons (Fsp3) is 0.857. The van der Waals surface area contributed by atoms with E-state index in [0.29, 0.717) is 45.7 Å². The summed E-state index contributed by atoms with van der Waals surface area (Å²) in [5.74, 6) is 0.105. The third-order valence-electron chi connectivity index (χ3n) is 3.44. The molecule has 2 amide bonds. The van der Waals surface area contributed by atoms with E-state index >= 15 is 0 Å². The first-order valence-corrected chi connectivity index (χ1v) is 7.32. The number of rotatable bonds is 8. The van der Waals surface area contributed by atoms with E-state index < -0.39 is 0 Å². The maximum Gasteiger partial charge on any atom is 0.224 e. The summed E-state index contributed by atoms with van der Waals surface area (Å²) >= 11 is 0. The van der Waals surface area contributed by atoms with Crippen molar-refractivity contribution in [3.63, 3.8) is 0 Å². The molecule has 0 aromatic rings. The van der Waals surface area contributed by atoms with E-state index in [0.717, 1.165) is 6.54 Å². The zero-order valence-electron chi connectivity index (χ0n) is 12.9. The molecule has 1 N–H and O–H groups in total. The van der Waals surface area contributed by atoms with Gasteiger partial charge in [-0.2, -0.15) is 0 Å². The Bertz CT molecular complexity index is 321. The second kappa shape index (κ2) is 8.92. The normalized spacial score (nSPS) is 19.5. The van der Waals surface area contributed by atoms with Crippen LogP contribution in [0.3, 0.4) is 0 Å². The molecule has 6 heteroatoms. The third kappa shape index (κ3) is 5.88. The number of nitrogens with one attached hydrogen (secondary N) is 1. The van der Waals surface area contributed by atoms with Crippen molar-refractivity contribution in [2.24, 2.45) is 5.92 Å². The summed E-state index contributed by atoms with van der Waals surface area (Å²) in [6.07, 6.45) is 1.12. The van der Waals surface area contributed by atoms with Gasteiger partial charge in [0.15, 0.2) is 0 Å². The van der Waals surface area contributed by atoms with E-state index in [9.17, 15) is 9.59 Å². The second-order valence-electron chi connectivity index (χ2n) is 5.37. The molecular weight excluding hydrogens is 258 g/mol. The molecule has 1 fully saturated rings. The standard InChI is InChI=1S/C14H27N3O3/c1-4-20-10-7-15-14(19)12-5-6-13(18)17(11-12)9-8-16(2)3/h12H,4-11H2,1-3H3,(H,15,19). The summed E-state index contributed by atoms with van der Waals surface area (Å²) in [4.78, 5) is 27.7. The maximum absolute atomic E-state index is 12.0. The van der Waals surface area contributed by atoms with Crippen LogP contribution < -0.4 is 5.32 Å². The van der Waals surface area contributed by atoms with Crippen molar-refractivity contribution in [3.05, 3.63) is 0 Å². The minimum Gasteiger partial charge on any atom is -0.380 e. The summed E-state index contributed by atoms with van der Waals surface area (Å²) in [5, 5.41) is 2.88. The zero-order chi connectivity index (χ0) is 15.0. The highest BCUT2D eigenvalue weighted by Crippen LogP contribution is 2.17. The van der Waals surface area contributed by atoms with Crippen LogP contribution in [0.5, 0.6) is 0 Å². The number of carbonyl (C=O) groups excluding carboxylic acids is 2.